The van der Waals surface area contributed by atoms with Crippen LogP contribution in [0, 0.1) is 5.41 Å². The van der Waals surface area contributed by atoms with E-state index >= 15 is 0 Å². The van der Waals surface area contributed by atoms with E-state index in [4.69, 9.17) is 0 Å². The summed E-state index contributed by atoms with van der Waals surface area (Å²) < 4.78 is 0. The summed E-state index contributed by atoms with van der Waals surface area (Å²) in [6.45, 7) is 6.81. The predicted octanol–water partition coefficient (Wildman–Crippen LogP) is 4.09. The molecule has 1 aliphatic rings. The second-order valence-corrected chi connectivity index (χ2v) is 5.57. The molecule has 0 fully saturated rings. The molecule has 1 aromatic carbocycles. The summed E-state index contributed by atoms with van der Waals surface area (Å²) in [6, 6.07) is 8.74. The first-order chi connectivity index (χ1) is 7.54. The molecule has 1 aromatic rings. The summed E-state index contributed by atoms with van der Waals surface area (Å²) in [7, 11) is 0. The Morgan fingerprint density at radius 2 is 2.06 bits per heavy atom. The van der Waals surface area contributed by atoms with Crippen molar-refractivity contribution >= 4 is 11.9 Å². The Labute approximate surface area is 97.9 Å². The molecule has 16 heavy (non-hydrogen) atoms. The van der Waals surface area contributed by atoms with E-state index in [-0.39, 0.29) is 0 Å². The monoisotopic (exact) mass is 213 g/mol. The molecule has 0 radical (unpaired) electrons. The van der Waals surface area contributed by atoms with Crippen LogP contribution in [0.15, 0.2) is 35.3 Å². The lowest BCUT2D eigenvalue weighted by Crippen LogP contribution is -2.09. The van der Waals surface area contributed by atoms with Gasteiger partial charge in [-0.05, 0) is 23.5 Å². The Hall–Kier alpha value is -1.37. The number of allylic oxidation sites excluding steroid dienone is 1. The summed E-state index contributed by atoms with van der Waals surface area (Å²) in [5.74, 6) is 0. The van der Waals surface area contributed by atoms with Crippen molar-refractivity contribution in [1.29, 1.82) is 0 Å². The first kappa shape index (κ1) is 11.1. The minimum absolute atomic E-state index is 0.339. The van der Waals surface area contributed by atoms with Crippen LogP contribution >= 0.6 is 0 Å². The topological polar surface area (TPSA) is 12.4 Å². The second kappa shape index (κ2) is 4.25. The predicted molar refractivity (Wildman–Crippen MR) is 70.7 cm³/mol. The number of nitrogens with zero attached hydrogens (tertiary/aromatic N) is 1. The molecule has 0 N–H and O–H groups in total. The van der Waals surface area contributed by atoms with E-state index in [2.05, 4.69) is 56.1 Å². The zero-order chi connectivity index (χ0) is 11.6. The second-order valence-electron chi connectivity index (χ2n) is 5.57. The van der Waals surface area contributed by atoms with Gasteiger partial charge in [-0.2, -0.15) is 0 Å². The summed E-state index contributed by atoms with van der Waals surface area (Å²) in [5, 5.41) is 0. The average Bonchev–Trinajstić information content (AvgIpc) is 2.68. The summed E-state index contributed by atoms with van der Waals surface area (Å²) >= 11 is 0. The van der Waals surface area contributed by atoms with Gasteiger partial charge in [0.15, 0.2) is 0 Å². The normalized spacial score (nSPS) is 15.3. The van der Waals surface area contributed by atoms with Gasteiger partial charge in [-0.15, -0.1) is 0 Å². The van der Waals surface area contributed by atoms with Gasteiger partial charge in [0.1, 0.15) is 0 Å². The highest BCUT2D eigenvalue weighted by Crippen LogP contribution is 2.25. The van der Waals surface area contributed by atoms with Gasteiger partial charge < -0.3 is 0 Å². The minimum atomic E-state index is 0.339. The highest BCUT2D eigenvalue weighted by molar-refractivity contribution is 5.81. The van der Waals surface area contributed by atoms with Crippen molar-refractivity contribution in [3.63, 3.8) is 0 Å². The molecule has 0 spiro atoms. The molecule has 0 atom stereocenters. The van der Waals surface area contributed by atoms with Crippen molar-refractivity contribution in [3.05, 3.63) is 41.5 Å². The Morgan fingerprint density at radius 1 is 1.25 bits per heavy atom. The first-order valence-electron chi connectivity index (χ1n) is 5.87. The van der Waals surface area contributed by atoms with E-state index in [1.54, 1.807) is 0 Å². The van der Waals surface area contributed by atoms with Gasteiger partial charge in [-0.1, -0.05) is 45.0 Å². The fraction of sp³-hybridized carbons (Fsp3) is 0.400. The lowest BCUT2D eigenvalue weighted by Gasteiger charge is -2.18. The van der Waals surface area contributed by atoms with Crippen LogP contribution in [0.25, 0.3) is 5.70 Å². The van der Waals surface area contributed by atoms with E-state index in [0.29, 0.717) is 5.41 Å². The Bertz CT molecular complexity index is 433. The molecule has 1 aliphatic heterocycles. The van der Waals surface area contributed by atoms with Crippen LogP contribution in [0.3, 0.4) is 0 Å². The molecule has 0 bridgehead atoms. The number of benzene rings is 1. The lowest BCUT2D eigenvalue weighted by atomic mass is 9.87. The van der Waals surface area contributed by atoms with Crippen LogP contribution in [0.1, 0.15) is 38.3 Å². The van der Waals surface area contributed by atoms with E-state index < -0.39 is 0 Å². The zero-order valence-corrected chi connectivity index (χ0v) is 10.3. The number of aliphatic imine (C=N–C) groups is 1. The van der Waals surface area contributed by atoms with Crippen LogP contribution in [0.4, 0.5) is 0 Å². The largest absolute Gasteiger partial charge is 0.261 e. The maximum atomic E-state index is 4.38. The van der Waals surface area contributed by atoms with Crippen molar-refractivity contribution in [2.45, 2.75) is 33.6 Å². The molecule has 0 saturated heterocycles. The molecule has 84 valence electrons. The van der Waals surface area contributed by atoms with E-state index in [9.17, 15) is 0 Å². The van der Waals surface area contributed by atoms with Crippen molar-refractivity contribution in [1.82, 2.24) is 0 Å². The van der Waals surface area contributed by atoms with Crippen molar-refractivity contribution in [2.75, 3.05) is 0 Å². The lowest BCUT2D eigenvalue weighted by molar-refractivity contribution is 0.411. The first-order valence-corrected chi connectivity index (χ1v) is 5.87. The molecule has 0 aliphatic carbocycles. The van der Waals surface area contributed by atoms with Gasteiger partial charge in [0.05, 0.1) is 5.70 Å². The number of hydrogen-bond donors (Lipinski definition) is 0. The van der Waals surface area contributed by atoms with Gasteiger partial charge in [-0.3, -0.25) is 4.99 Å². The molecule has 1 heterocycles. The maximum Gasteiger partial charge on any atom is 0.0662 e. The molecule has 0 saturated carbocycles. The SMILES string of the molecule is CC(C)(C)Cc1cccc(C2=CCC=N2)c1. The third kappa shape index (κ3) is 2.82. The zero-order valence-electron chi connectivity index (χ0n) is 10.3. The fourth-order valence-corrected chi connectivity index (χ4v) is 2.01. The van der Waals surface area contributed by atoms with E-state index in [1.807, 2.05) is 6.21 Å². The minimum Gasteiger partial charge on any atom is -0.261 e. The van der Waals surface area contributed by atoms with Gasteiger partial charge in [-0.25, -0.2) is 0 Å². The van der Waals surface area contributed by atoms with Gasteiger partial charge >= 0.3 is 0 Å². The Kier molecular flexibility index (Phi) is 2.95. The molecule has 1 nitrogen and oxygen atoms in total. The highest BCUT2D eigenvalue weighted by atomic mass is 14.7. The third-order valence-corrected chi connectivity index (χ3v) is 2.60. The van der Waals surface area contributed by atoms with E-state index in [1.165, 1.54) is 11.1 Å². The number of rotatable bonds is 2. The third-order valence-electron chi connectivity index (χ3n) is 2.60. The molecular formula is C15H19N. The Balaban J connectivity index is 2.23. The van der Waals surface area contributed by atoms with Gasteiger partial charge in [0.25, 0.3) is 0 Å². The maximum absolute atomic E-state index is 4.38. The van der Waals surface area contributed by atoms with Crippen LogP contribution in [-0.4, -0.2) is 6.21 Å². The molecule has 0 amide bonds. The van der Waals surface area contributed by atoms with Crippen molar-refractivity contribution < 1.29 is 0 Å². The molecule has 1 heteroatoms. The molecule has 0 unspecified atom stereocenters. The van der Waals surface area contributed by atoms with Crippen molar-refractivity contribution in [2.24, 2.45) is 10.4 Å². The number of hydrogen-bond acceptors (Lipinski definition) is 1. The quantitative estimate of drug-likeness (QED) is 0.701. The Morgan fingerprint density at radius 3 is 2.69 bits per heavy atom. The highest BCUT2D eigenvalue weighted by Gasteiger charge is 2.12. The smallest absolute Gasteiger partial charge is 0.0662 e. The summed E-state index contributed by atoms with van der Waals surface area (Å²) in [6.07, 6.45) is 6.22. The molecule has 0 aromatic heterocycles. The standard InChI is InChI=1S/C15H19N/c1-15(2,3)11-12-6-4-7-13(10-12)14-8-5-9-16-14/h4,6-10H,5,11H2,1-3H3. The van der Waals surface area contributed by atoms with Crippen molar-refractivity contribution in [3.8, 4) is 0 Å². The van der Waals surface area contributed by atoms with Crippen LogP contribution in [0.5, 0.6) is 0 Å². The summed E-state index contributed by atoms with van der Waals surface area (Å²) in [5.41, 5.74) is 4.10. The van der Waals surface area contributed by atoms with Gasteiger partial charge in [0, 0.05) is 18.2 Å². The van der Waals surface area contributed by atoms with Gasteiger partial charge in [0.2, 0.25) is 0 Å². The fourth-order valence-electron chi connectivity index (χ4n) is 2.01. The molecular weight excluding hydrogens is 194 g/mol. The van der Waals surface area contributed by atoms with Crippen LogP contribution in [0.2, 0.25) is 0 Å². The van der Waals surface area contributed by atoms with Crippen LogP contribution < -0.4 is 0 Å². The summed E-state index contributed by atoms with van der Waals surface area (Å²) in [4.78, 5) is 4.38. The van der Waals surface area contributed by atoms with E-state index in [0.717, 1.165) is 18.5 Å². The molecule has 2 rings (SSSR count). The van der Waals surface area contributed by atoms with Crippen LogP contribution in [-0.2, 0) is 6.42 Å². The average molecular weight is 213 g/mol.